The van der Waals surface area contributed by atoms with Gasteiger partial charge in [0.05, 0.1) is 0 Å². The Morgan fingerprint density at radius 3 is 2.63 bits per heavy atom. The molecule has 2 atom stereocenters. The van der Waals surface area contributed by atoms with Gasteiger partial charge >= 0.3 is 5.97 Å². The molecule has 2 heterocycles. The number of esters is 1. The molecule has 2 unspecified atom stereocenters. The van der Waals surface area contributed by atoms with Crippen LogP contribution < -0.4 is 9.47 Å². The maximum absolute atomic E-state index is 12.9. The fraction of sp³-hybridized carbons (Fsp3) is 0.238. The Morgan fingerprint density at radius 1 is 1.11 bits per heavy atom. The molecule has 0 aliphatic carbocycles. The average Bonchev–Trinajstić information content (AvgIpc) is 3.02. The molecular formula is C21H19NO5. The van der Waals surface area contributed by atoms with Crippen LogP contribution >= 0.6 is 0 Å². The maximum Gasteiger partial charge on any atom is 0.351 e. The summed E-state index contributed by atoms with van der Waals surface area (Å²) in [5, 5.41) is 0.814. The van der Waals surface area contributed by atoms with E-state index in [0.29, 0.717) is 17.1 Å². The van der Waals surface area contributed by atoms with Gasteiger partial charge in [-0.1, -0.05) is 30.3 Å². The molecule has 1 N–H and O–H groups in total. The lowest BCUT2D eigenvalue weighted by Gasteiger charge is -2.25. The molecule has 0 saturated heterocycles. The van der Waals surface area contributed by atoms with Crippen LogP contribution in [0.15, 0.2) is 48.5 Å². The van der Waals surface area contributed by atoms with Gasteiger partial charge in [0.25, 0.3) is 0 Å². The van der Waals surface area contributed by atoms with E-state index in [9.17, 15) is 9.59 Å². The summed E-state index contributed by atoms with van der Waals surface area (Å²) in [4.78, 5) is 28.5. The molecule has 0 bridgehead atoms. The zero-order chi connectivity index (χ0) is 19.0. The van der Waals surface area contributed by atoms with Gasteiger partial charge in [-0.15, -0.1) is 0 Å². The number of hydrogen-bond acceptors (Lipinski definition) is 5. The highest BCUT2D eigenvalue weighted by atomic mass is 16.6. The third-order valence-corrected chi connectivity index (χ3v) is 4.57. The van der Waals surface area contributed by atoms with E-state index >= 15 is 0 Å². The van der Waals surface area contributed by atoms with Crippen LogP contribution in [0.1, 0.15) is 23.0 Å². The van der Waals surface area contributed by atoms with Crippen LogP contribution in [-0.4, -0.2) is 35.6 Å². The fourth-order valence-electron chi connectivity index (χ4n) is 3.24. The number of hydrogen-bond donors (Lipinski definition) is 1. The van der Waals surface area contributed by atoms with Crippen molar-refractivity contribution < 1.29 is 23.8 Å². The predicted molar refractivity (Wildman–Crippen MR) is 99.3 cm³/mol. The molecule has 1 aliphatic heterocycles. The van der Waals surface area contributed by atoms with Crippen LogP contribution in [0.5, 0.6) is 11.5 Å². The van der Waals surface area contributed by atoms with Gasteiger partial charge in [-0.3, -0.25) is 4.79 Å². The Balaban J connectivity index is 1.49. The van der Waals surface area contributed by atoms with Crippen molar-refractivity contribution in [1.29, 1.82) is 0 Å². The topological polar surface area (TPSA) is 77.6 Å². The first-order valence-electron chi connectivity index (χ1n) is 8.75. The number of para-hydroxylation sites is 3. The highest BCUT2D eigenvalue weighted by molar-refractivity contribution is 6.11. The molecule has 4 rings (SSSR count). The van der Waals surface area contributed by atoms with Crippen molar-refractivity contribution in [3.63, 3.8) is 0 Å². The van der Waals surface area contributed by atoms with E-state index in [0.717, 1.165) is 16.6 Å². The summed E-state index contributed by atoms with van der Waals surface area (Å²) in [7, 11) is 0. The smallest absolute Gasteiger partial charge is 0.351 e. The van der Waals surface area contributed by atoms with Gasteiger partial charge in [0, 0.05) is 22.2 Å². The Hall–Kier alpha value is -3.28. The quantitative estimate of drug-likeness (QED) is 0.566. The van der Waals surface area contributed by atoms with Crippen molar-refractivity contribution in [3.05, 3.63) is 59.8 Å². The number of H-pyrrole nitrogens is 1. The minimum absolute atomic E-state index is 0.0445. The lowest BCUT2D eigenvalue weighted by molar-refractivity contribution is -0.157. The largest absolute Gasteiger partial charge is 0.485 e. The maximum atomic E-state index is 12.9. The summed E-state index contributed by atoms with van der Waals surface area (Å²) >= 11 is 0. The van der Waals surface area contributed by atoms with Crippen molar-refractivity contribution in [2.24, 2.45) is 0 Å². The predicted octanol–water partition coefficient (Wildman–Crippen LogP) is 3.43. The van der Waals surface area contributed by atoms with E-state index in [1.54, 1.807) is 25.1 Å². The normalized spacial score (nSPS) is 16.7. The summed E-state index contributed by atoms with van der Waals surface area (Å²) < 4.78 is 16.6. The molecule has 0 radical (unpaired) electrons. The van der Waals surface area contributed by atoms with E-state index in [1.165, 1.54) is 0 Å². The number of nitrogens with one attached hydrogen (secondary N) is 1. The SMILES string of the molecule is Cc1[nH]c2ccccc2c1C(=O)C(C)OC(=O)C1COc2ccccc2O1. The minimum Gasteiger partial charge on any atom is -0.485 e. The molecule has 1 aliphatic rings. The van der Waals surface area contributed by atoms with Gasteiger partial charge in [-0.25, -0.2) is 4.79 Å². The Labute approximate surface area is 156 Å². The number of ether oxygens (including phenoxy) is 3. The molecule has 3 aromatic rings. The number of aromatic nitrogens is 1. The van der Waals surface area contributed by atoms with Crippen molar-refractivity contribution in [2.45, 2.75) is 26.1 Å². The zero-order valence-corrected chi connectivity index (χ0v) is 15.0. The lowest BCUT2D eigenvalue weighted by atomic mass is 10.0. The first kappa shape index (κ1) is 17.1. The summed E-state index contributed by atoms with van der Waals surface area (Å²) in [6.07, 6.45) is -1.84. The number of ketones is 1. The van der Waals surface area contributed by atoms with Gasteiger partial charge in [-0.05, 0) is 32.0 Å². The third-order valence-electron chi connectivity index (χ3n) is 4.57. The second-order valence-electron chi connectivity index (χ2n) is 6.48. The molecule has 0 saturated carbocycles. The summed E-state index contributed by atoms with van der Waals surface area (Å²) in [6, 6.07) is 14.6. The van der Waals surface area contributed by atoms with Crippen LogP contribution in [0.2, 0.25) is 0 Å². The highest BCUT2D eigenvalue weighted by Crippen LogP contribution is 2.31. The van der Waals surface area contributed by atoms with Crippen LogP contribution in [0.25, 0.3) is 10.9 Å². The molecule has 6 heteroatoms. The number of carbonyl (C=O) groups excluding carboxylic acids is 2. The second kappa shape index (κ2) is 6.79. The molecule has 0 amide bonds. The first-order chi connectivity index (χ1) is 13.0. The Morgan fingerprint density at radius 2 is 1.81 bits per heavy atom. The molecule has 0 fully saturated rings. The van der Waals surface area contributed by atoms with E-state index in [4.69, 9.17) is 14.2 Å². The van der Waals surface area contributed by atoms with E-state index < -0.39 is 18.2 Å². The molecule has 1 aromatic heterocycles. The van der Waals surface area contributed by atoms with E-state index in [-0.39, 0.29) is 12.4 Å². The number of benzene rings is 2. The molecule has 138 valence electrons. The number of rotatable bonds is 4. The zero-order valence-electron chi connectivity index (χ0n) is 15.0. The molecule has 27 heavy (non-hydrogen) atoms. The van der Waals surface area contributed by atoms with Crippen LogP contribution in [0.4, 0.5) is 0 Å². The van der Waals surface area contributed by atoms with Gasteiger partial charge in [0.2, 0.25) is 11.9 Å². The standard InChI is InChI=1S/C21H19NO5/c1-12-19(14-7-3-4-8-15(14)22-12)20(23)13(2)26-21(24)18-11-25-16-9-5-6-10-17(16)27-18/h3-10,13,18,22H,11H2,1-2H3. The average molecular weight is 365 g/mol. The van der Waals surface area contributed by atoms with Crippen LogP contribution in [0.3, 0.4) is 0 Å². The lowest BCUT2D eigenvalue weighted by Crippen LogP contribution is -2.40. The monoisotopic (exact) mass is 365 g/mol. The van der Waals surface area contributed by atoms with Crippen molar-refractivity contribution in [2.75, 3.05) is 6.61 Å². The molecule has 2 aromatic carbocycles. The molecule has 0 spiro atoms. The van der Waals surface area contributed by atoms with Gasteiger partial charge in [0.1, 0.15) is 6.61 Å². The fourth-order valence-corrected chi connectivity index (χ4v) is 3.24. The number of aryl methyl sites for hydroxylation is 1. The van der Waals surface area contributed by atoms with Gasteiger partial charge in [-0.2, -0.15) is 0 Å². The third kappa shape index (κ3) is 3.14. The summed E-state index contributed by atoms with van der Waals surface area (Å²) in [6.45, 7) is 3.44. The number of carbonyl (C=O) groups is 2. The summed E-state index contributed by atoms with van der Waals surface area (Å²) in [5.74, 6) is 0.190. The number of Topliss-reactive ketones (excluding diaryl/α,β-unsaturated/α-hetero) is 1. The van der Waals surface area contributed by atoms with Crippen LogP contribution in [-0.2, 0) is 9.53 Å². The van der Waals surface area contributed by atoms with Crippen molar-refractivity contribution >= 4 is 22.7 Å². The van der Waals surface area contributed by atoms with Crippen molar-refractivity contribution in [1.82, 2.24) is 4.98 Å². The summed E-state index contributed by atoms with van der Waals surface area (Å²) in [5.41, 5.74) is 2.16. The Bertz CT molecular complexity index is 1020. The van der Waals surface area contributed by atoms with Crippen LogP contribution in [0, 0.1) is 6.92 Å². The highest BCUT2D eigenvalue weighted by Gasteiger charge is 2.32. The van der Waals surface area contributed by atoms with Gasteiger partial charge in [0.15, 0.2) is 17.6 Å². The second-order valence-corrected chi connectivity index (χ2v) is 6.48. The first-order valence-corrected chi connectivity index (χ1v) is 8.75. The number of aromatic amines is 1. The number of fused-ring (bicyclic) bond motifs is 2. The molecule has 6 nitrogen and oxygen atoms in total. The Kier molecular flexibility index (Phi) is 4.32. The molecular weight excluding hydrogens is 346 g/mol. The van der Waals surface area contributed by atoms with Gasteiger partial charge < -0.3 is 19.2 Å². The minimum atomic E-state index is -0.934. The van der Waals surface area contributed by atoms with E-state index in [1.807, 2.05) is 37.3 Å². The van der Waals surface area contributed by atoms with E-state index in [2.05, 4.69) is 4.98 Å². The van der Waals surface area contributed by atoms with Crippen molar-refractivity contribution in [3.8, 4) is 11.5 Å².